The van der Waals surface area contributed by atoms with Gasteiger partial charge in [-0.2, -0.15) is 0 Å². The van der Waals surface area contributed by atoms with Gasteiger partial charge < -0.3 is 0 Å². The molecular formula is C18H13BrN2. The molecule has 0 N–H and O–H groups in total. The quantitative estimate of drug-likeness (QED) is 0.640. The Bertz CT molecular complexity index is 711. The van der Waals surface area contributed by atoms with E-state index in [1.54, 1.807) is 12.4 Å². The summed E-state index contributed by atoms with van der Waals surface area (Å²) in [5.74, 6) is 0. The zero-order valence-electron chi connectivity index (χ0n) is 11.3. The van der Waals surface area contributed by atoms with Gasteiger partial charge in [0.15, 0.2) is 0 Å². The lowest BCUT2D eigenvalue weighted by Gasteiger charge is -2.09. The maximum absolute atomic E-state index is 4.28. The molecule has 2 aromatic heterocycles. The maximum atomic E-state index is 4.28. The minimum absolute atomic E-state index is 0.835. The molecule has 102 valence electrons. The number of hydrogen-bond acceptors (Lipinski definition) is 2. The fourth-order valence-corrected chi connectivity index (χ4v) is 2.50. The third-order valence-electron chi connectivity index (χ3n) is 3.15. The third kappa shape index (κ3) is 3.26. The van der Waals surface area contributed by atoms with Crippen LogP contribution in [-0.2, 0) is 0 Å². The standard InChI is InChI=1S/C18H13BrN2/c19-18-15(8-5-11-21-18)12-17(14-6-2-1-3-7-14)16-9-4-10-20-13-16/h1-13H/b17-12-. The zero-order chi connectivity index (χ0) is 14.5. The summed E-state index contributed by atoms with van der Waals surface area (Å²) in [7, 11) is 0. The van der Waals surface area contributed by atoms with Crippen LogP contribution in [0.3, 0.4) is 0 Å². The lowest BCUT2D eigenvalue weighted by molar-refractivity contribution is 1.26. The molecule has 1 aromatic carbocycles. The van der Waals surface area contributed by atoms with Gasteiger partial charge in [-0.3, -0.25) is 4.98 Å². The molecule has 0 unspecified atom stereocenters. The highest BCUT2D eigenvalue weighted by atomic mass is 79.9. The second kappa shape index (κ2) is 6.46. The molecule has 3 rings (SSSR count). The van der Waals surface area contributed by atoms with Crippen LogP contribution < -0.4 is 0 Å². The molecule has 3 aromatic rings. The van der Waals surface area contributed by atoms with Gasteiger partial charge in [0, 0.05) is 29.7 Å². The normalized spacial score (nSPS) is 11.4. The van der Waals surface area contributed by atoms with Gasteiger partial charge in [-0.25, -0.2) is 4.98 Å². The Hall–Kier alpha value is -2.26. The van der Waals surface area contributed by atoms with Crippen molar-refractivity contribution in [1.29, 1.82) is 0 Å². The lowest BCUT2D eigenvalue weighted by atomic mass is 9.97. The summed E-state index contributed by atoms with van der Waals surface area (Å²) in [4.78, 5) is 8.50. The Morgan fingerprint density at radius 3 is 2.33 bits per heavy atom. The van der Waals surface area contributed by atoms with Gasteiger partial charge in [-0.05, 0) is 45.3 Å². The Kier molecular flexibility index (Phi) is 4.22. The number of aromatic nitrogens is 2. The fourth-order valence-electron chi connectivity index (χ4n) is 2.13. The van der Waals surface area contributed by atoms with E-state index < -0.39 is 0 Å². The monoisotopic (exact) mass is 336 g/mol. The first-order valence-electron chi connectivity index (χ1n) is 6.62. The van der Waals surface area contributed by atoms with Crippen LogP contribution in [0.5, 0.6) is 0 Å². The summed E-state index contributed by atoms with van der Waals surface area (Å²) >= 11 is 3.50. The van der Waals surface area contributed by atoms with Gasteiger partial charge >= 0.3 is 0 Å². The van der Waals surface area contributed by atoms with Crippen LogP contribution in [0.2, 0.25) is 0 Å². The molecule has 0 bridgehead atoms. The van der Waals surface area contributed by atoms with Gasteiger partial charge in [0.1, 0.15) is 4.60 Å². The van der Waals surface area contributed by atoms with Crippen molar-refractivity contribution in [2.75, 3.05) is 0 Å². The number of pyridine rings is 2. The van der Waals surface area contributed by atoms with Gasteiger partial charge in [0.25, 0.3) is 0 Å². The molecule has 0 aliphatic carbocycles. The molecule has 0 atom stereocenters. The average molecular weight is 337 g/mol. The number of rotatable bonds is 3. The molecule has 0 saturated heterocycles. The van der Waals surface area contributed by atoms with E-state index in [9.17, 15) is 0 Å². The zero-order valence-corrected chi connectivity index (χ0v) is 12.9. The number of halogens is 1. The van der Waals surface area contributed by atoms with Crippen LogP contribution in [0.4, 0.5) is 0 Å². The topological polar surface area (TPSA) is 25.8 Å². The molecular weight excluding hydrogens is 324 g/mol. The van der Waals surface area contributed by atoms with Crippen molar-refractivity contribution < 1.29 is 0 Å². The van der Waals surface area contributed by atoms with Crippen LogP contribution in [0.1, 0.15) is 16.7 Å². The largest absolute Gasteiger partial charge is 0.264 e. The van der Waals surface area contributed by atoms with Gasteiger partial charge in [0.2, 0.25) is 0 Å². The highest BCUT2D eigenvalue weighted by Crippen LogP contribution is 2.27. The summed E-state index contributed by atoms with van der Waals surface area (Å²) in [6, 6.07) is 18.3. The van der Waals surface area contributed by atoms with Gasteiger partial charge in [0.05, 0.1) is 0 Å². The molecule has 0 spiro atoms. The molecule has 0 amide bonds. The molecule has 0 radical (unpaired) electrons. The van der Waals surface area contributed by atoms with E-state index in [0.717, 1.165) is 26.9 Å². The van der Waals surface area contributed by atoms with Crippen LogP contribution in [0.25, 0.3) is 11.6 Å². The maximum Gasteiger partial charge on any atom is 0.113 e. The van der Waals surface area contributed by atoms with Crippen molar-refractivity contribution in [2.24, 2.45) is 0 Å². The Balaban J connectivity index is 2.16. The molecule has 0 saturated carbocycles. The van der Waals surface area contributed by atoms with E-state index in [1.807, 2.05) is 42.6 Å². The summed E-state index contributed by atoms with van der Waals surface area (Å²) in [5.41, 5.74) is 4.40. The van der Waals surface area contributed by atoms with E-state index in [1.165, 1.54) is 0 Å². The number of benzene rings is 1. The Morgan fingerprint density at radius 1 is 0.857 bits per heavy atom. The number of nitrogens with zero attached hydrogens (tertiary/aromatic N) is 2. The number of hydrogen-bond donors (Lipinski definition) is 0. The molecule has 0 fully saturated rings. The average Bonchev–Trinajstić information content (AvgIpc) is 2.56. The molecule has 2 nitrogen and oxygen atoms in total. The molecule has 2 heterocycles. The van der Waals surface area contributed by atoms with E-state index in [4.69, 9.17) is 0 Å². The summed E-state index contributed by atoms with van der Waals surface area (Å²) in [6.45, 7) is 0. The first-order chi connectivity index (χ1) is 10.3. The Labute approximate surface area is 132 Å². The Morgan fingerprint density at radius 2 is 1.62 bits per heavy atom. The van der Waals surface area contributed by atoms with E-state index in [0.29, 0.717) is 0 Å². The van der Waals surface area contributed by atoms with Gasteiger partial charge in [-0.15, -0.1) is 0 Å². The van der Waals surface area contributed by atoms with Crippen molar-refractivity contribution in [3.05, 3.63) is 94.5 Å². The van der Waals surface area contributed by atoms with Crippen LogP contribution >= 0.6 is 15.9 Å². The molecule has 3 heteroatoms. The predicted octanol–water partition coefficient (Wildman–Crippen LogP) is 4.83. The molecule has 21 heavy (non-hydrogen) atoms. The van der Waals surface area contributed by atoms with E-state index >= 15 is 0 Å². The highest BCUT2D eigenvalue weighted by molar-refractivity contribution is 9.10. The van der Waals surface area contributed by atoms with E-state index in [2.05, 4.69) is 50.2 Å². The van der Waals surface area contributed by atoms with Crippen molar-refractivity contribution in [3.8, 4) is 0 Å². The first-order valence-corrected chi connectivity index (χ1v) is 7.42. The van der Waals surface area contributed by atoms with E-state index in [-0.39, 0.29) is 0 Å². The minimum atomic E-state index is 0.835. The second-order valence-corrected chi connectivity index (χ2v) is 5.30. The predicted molar refractivity (Wildman–Crippen MR) is 89.6 cm³/mol. The summed E-state index contributed by atoms with van der Waals surface area (Å²) < 4.78 is 0.835. The van der Waals surface area contributed by atoms with Crippen molar-refractivity contribution in [3.63, 3.8) is 0 Å². The van der Waals surface area contributed by atoms with Crippen molar-refractivity contribution >= 4 is 27.6 Å². The minimum Gasteiger partial charge on any atom is -0.264 e. The fraction of sp³-hybridized carbons (Fsp3) is 0. The van der Waals surface area contributed by atoms with Crippen LogP contribution in [-0.4, -0.2) is 9.97 Å². The summed E-state index contributed by atoms with van der Waals surface area (Å²) in [5, 5.41) is 0. The van der Waals surface area contributed by atoms with Gasteiger partial charge in [-0.1, -0.05) is 42.5 Å². The third-order valence-corrected chi connectivity index (χ3v) is 3.81. The SMILES string of the molecule is Brc1ncccc1/C=C(/c1ccccc1)c1cccnc1. The first kappa shape index (κ1) is 13.7. The summed E-state index contributed by atoms with van der Waals surface area (Å²) in [6.07, 6.45) is 7.56. The smallest absolute Gasteiger partial charge is 0.113 e. The highest BCUT2D eigenvalue weighted by Gasteiger charge is 2.06. The lowest BCUT2D eigenvalue weighted by Crippen LogP contribution is -1.90. The molecule has 0 aliphatic heterocycles. The molecule has 0 aliphatic rings. The second-order valence-electron chi connectivity index (χ2n) is 4.55. The van der Waals surface area contributed by atoms with Crippen LogP contribution in [0.15, 0.2) is 77.8 Å². The van der Waals surface area contributed by atoms with Crippen molar-refractivity contribution in [1.82, 2.24) is 9.97 Å². The van der Waals surface area contributed by atoms with Crippen LogP contribution in [0, 0.1) is 0 Å². The van der Waals surface area contributed by atoms with Crippen molar-refractivity contribution in [2.45, 2.75) is 0 Å².